The predicted molar refractivity (Wildman–Crippen MR) is 189 cm³/mol. The molecule has 2 aromatic carbocycles. The van der Waals surface area contributed by atoms with Crippen LogP contribution in [0, 0.1) is 46.4 Å². The molecule has 0 aliphatic carbocycles. The minimum atomic E-state index is -0.767. The molecule has 1 saturated heterocycles. The molecule has 1 aliphatic rings. The minimum Gasteiger partial charge on any atom is -0.466 e. The van der Waals surface area contributed by atoms with E-state index in [1.165, 1.54) is 0 Å². The Bertz CT molecular complexity index is 1660. The fourth-order valence-corrected chi connectivity index (χ4v) is 7.14. The summed E-state index contributed by atoms with van der Waals surface area (Å²) in [4.78, 5) is 43.1. The molecule has 0 bridgehead atoms. The summed E-state index contributed by atoms with van der Waals surface area (Å²) < 4.78 is 28.4. The summed E-state index contributed by atoms with van der Waals surface area (Å²) in [6, 6.07) is 8.68. The van der Waals surface area contributed by atoms with Gasteiger partial charge >= 0.3 is 5.97 Å². The first-order valence-corrected chi connectivity index (χ1v) is 17.3. The molecule has 7 nitrogen and oxygen atoms in total. The molecule has 0 amide bonds. The maximum Gasteiger partial charge on any atom is 0.306 e. The third kappa shape index (κ3) is 8.88. The van der Waals surface area contributed by atoms with Gasteiger partial charge in [-0.05, 0) is 117 Å². The molecule has 1 fully saturated rings. The molecule has 4 rings (SSSR count). The van der Waals surface area contributed by atoms with E-state index in [1.54, 1.807) is 37.7 Å². The third-order valence-corrected chi connectivity index (χ3v) is 9.61. The minimum absolute atomic E-state index is 0.107. The summed E-state index contributed by atoms with van der Waals surface area (Å²) in [7, 11) is 1.73. The van der Waals surface area contributed by atoms with Crippen molar-refractivity contribution in [3.63, 3.8) is 0 Å². The van der Waals surface area contributed by atoms with E-state index in [9.17, 15) is 14.4 Å². The van der Waals surface area contributed by atoms with Gasteiger partial charge in [-0.1, -0.05) is 31.5 Å². The van der Waals surface area contributed by atoms with Crippen molar-refractivity contribution < 1.29 is 23.5 Å². The van der Waals surface area contributed by atoms with Crippen LogP contribution in [-0.4, -0.2) is 60.7 Å². The third-order valence-electron chi connectivity index (χ3n) is 9.61. The van der Waals surface area contributed by atoms with Gasteiger partial charge in [0.2, 0.25) is 0 Å². The Labute approximate surface area is 285 Å². The highest BCUT2D eigenvalue weighted by molar-refractivity contribution is 5.84. The van der Waals surface area contributed by atoms with Gasteiger partial charge in [0, 0.05) is 51.3 Å². The first-order chi connectivity index (χ1) is 22.7. The van der Waals surface area contributed by atoms with Gasteiger partial charge < -0.3 is 14.0 Å². The lowest BCUT2D eigenvalue weighted by Gasteiger charge is -2.38. The molecular weight excluding hydrogens is 607 g/mol. The van der Waals surface area contributed by atoms with Crippen LogP contribution in [0.25, 0.3) is 11.1 Å². The lowest BCUT2D eigenvalue weighted by molar-refractivity contribution is -0.143. The van der Waals surface area contributed by atoms with Crippen molar-refractivity contribution in [3.8, 4) is 11.1 Å². The van der Waals surface area contributed by atoms with Crippen molar-refractivity contribution in [2.45, 2.75) is 99.1 Å². The molecule has 0 N–H and O–H groups in total. The van der Waals surface area contributed by atoms with Crippen LogP contribution in [0.1, 0.15) is 90.9 Å². The number of hydrogen-bond acceptors (Lipinski definition) is 6. The molecule has 1 unspecified atom stereocenters. The number of aromatic nitrogens is 1. The number of hydrogen-bond donors (Lipinski definition) is 0. The largest absolute Gasteiger partial charge is 0.466 e. The fourth-order valence-electron chi connectivity index (χ4n) is 7.14. The van der Waals surface area contributed by atoms with Crippen LogP contribution in [0.3, 0.4) is 0 Å². The Morgan fingerprint density at radius 2 is 1.60 bits per heavy atom. The van der Waals surface area contributed by atoms with E-state index in [4.69, 9.17) is 9.47 Å². The Balaban J connectivity index is 1.72. The predicted octanol–water partition coefficient (Wildman–Crippen LogP) is 7.35. The number of Topliss-reactive ketones (excluding diaryl/α,β-unsaturated/α-hetero) is 1. The summed E-state index contributed by atoms with van der Waals surface area (Å²) >= 11 is 0. The van der Waals surface area contributed by atoms with Gasteiger partial charge in [0.1, 0.15) is 5.82 Å². The molecule has 2 atom stereocenters. The molecule has 260 valence electrons. The number of rotatable bonds is 15. The van der Waals surface area contributed by atoms with E-state index in [-0.39, 0.29) is 42.8 Å². The van der Waals surface area contributed by atoms with E-state index in [0.29, 0.717) is 17.5 Å². The maximum absolute atomic E-state index is 16.1. The lowest BCUT2D eigenvalue weighted by Crippen LogP contribution is -2.52. The Kier molecular flexibility index (Phi) is 12.5. The zero-order chi connectivity index (χ0) is 35.3. The number of pyridine rings is 1. The summed E-state index contributed by atoms with van der Waals surface area (Å²) in [5.74, 6) is -1.78. The van der Waals surface area contributed by atoms with Gasteiger partial charge in [-0.2, -0.15) is 0 Å². The van der Waals surface area contributed by atoms with Crippen LogP contribution in [0.5, 0.6) is 0 Å². The highest BCUT2D eigenvalue weighted by Crippen LogP contribution is 2.37. The molecule has 3 aromatic rings. The second-order valence-electron chi connectivity index (χ2n) is 14.1. The number of carbonyl (C=O) groups excluding carboxylic acids is 2. The summed E-state index contributed by atoms with van der Waals surface area (Å²) in [5, 5.41) is 0. The summed E-state index contributed by atoms with van der Waals surface area (Å²) in [6.07, 6.45) is 3.03. The number of methoxy groups -OCH3 is 1. The Hall–Kier alpha value is -3.62. The van der Waals surface area contributed by atoms with Crippen molar-refractivity contribution in [3.05, 3.63) is 91.6 Å². The van der Waals surface area contributed by atoms with E-state index in [1.807, 2.05) is 53.8 Å². The number of carbonyl (C=O) groups is 2. The molecule has 1 aromatic heterocycles. The van der Waals surface area contributed by atoms with Gasteiger partial charge in [-0.25, -0.2) is 4.39 Å². The van der Waals surface area contributed by atoms with Crippen molar-refractivity contribution in [2.24, 2.45) is 5.92 Å². The number of halogens is 1. The van der Waals surface area contributed by atoms with E-state index >= 15 is 4.39 Å². The Morgan fingerprint density at radius 1 is 0.938 bits per heavy atom. The van der Waals surface area contributed by atoms with Crippen molar-refractivity contribution in [1.82, 2.24) is 9.47 Å². The maximum atomic E-state index is 16.1. The number of ether oxygens (including phenoxy) is 2. The zero-order valence-electron chi connectivity index (χ0n) is 30.2. The number of likely N-dealkylation sites (tertiary alicyclic amines) is 1. The summed E-state index contributed by atoms with van der Waals surface area (Å²) in [5.41, 5.74) is 7.57. The quantitative estimate of drug-likeness (QED) is 0.159. The topological polar surface area (TPSA) is 77.8 Å². The first kappa shape index (κ1) is 37.2. The molecule has 1 aliphatic heterocycles. The average molecular weight is 661 g/mol. The fraction of sp³-hybridized carbons (Fsp3) is 0.525. The number of benzene rings is 2. The highest BCUT2D eigenvalue weighted by atomic mass is 19.1. The first-order valence-electron chi connectivity index (χ1n) is 17.3. The van der Waals surface area contributed by atoms with E-state index in [2.05, 4.69) is 17.0 Å². The SMILES string of the molecule is CCOC(=O)C[C@H](CC(=O)C(CC(C)C)n1cc(CCN2CC(OC)C2)c(C)cc1=O)c1cc(-c2c(C)cc(C)cc2C)cc(C)c1F. The molecule has 0 radical (unpaired) electrons. The molecule has 0 spiro atoms. The lowest BCUT2D eigenvalue weighted by atomic mass is 9.83. The smallest absolute Gasteiger partial charge is 0.306 e. The molecule has 48 heavy (non-hydrogen) atoms. The second-order valence-corrected chi connectivity index (χ2v) is 14.1. The van der Waals surface area contributed by atoms with Gasteiger partial charge in [-0.15, -0.1) is 0 Å². The van der Waals surface area contributed by atoms with Crippen molar-refractivity contribution in [2.75, 3.05) is 33.4 Å². The number of nitrogens with zero attached hydrogens (tertiary/aromatic N) is 2. The number of ketones is 1. The van der Waals surface area contributed by atoms with Crippen molar-refractivity contribution >= 4 is 11.8 Å². The summed E-state index contributed by atoms with van der Waals surface area (Å²) in [6.45, 7) is 18.3. The monoisotopic (exact) mass is 660 g/mol. The number of aryl methyl sites for hydroxylation is 5. The number of esters is 1. The van der Waals surface area contributed by atoms with Crippen LogP contribution in [0.4, 0.5) is 4.39 Å². The Morgan fingerprint density at radius 3 is 2.21 bits per heavy atom. The van der Waals surface area contributed by atoms with E-state index in [0.717, 1.165) is 65.0 Å². The zero-order valence-corrected chi connectivity index (χ0v) is 30.2. The molecule has 0 saturated carbocycles. The average Bonchev–Trinajstić information content (AvgIpc) is 2.97. The molecular formula is C40H53FN2O5. The second kappa shape index (κ2) is 16.2. The van der Waals surface area contributed by atoms with Gasteiger partial charge in [-0.3, -0.25) is 19.3 Å². The van der Waals surface area contributed by atoms with Crippen LogP contribution in [0.2, 0.25) is 0 Å². The highest BCUT2D eigenvalue weighted by Gasteiger charge is 2.31. The van der Waals surface area contributed by atoms with Gasteiger partial charge in [0.05, 0.1) is 25.2 Å². The standard InChI is InChI=1S/C40H53FN2O5/c1-10-48-38(46)20-31(34-18-32(16-29(8)40(34)41)39-27(6)14-25(4)15-28(39)7)19-36(44)35(13-24(2)3)43-21-30(26(5)17-37(43)45)11-12-42-22-33(23-42)47-9/h14-18,21,24,31,33,35H,10-13,19-20,22-23H2,1-9H3/t31-,35?/m0/s1. The van der Waals surface area contributed by atoms with Gasteiger partial charge in [0.15, 0.2) is 5.78 Å². The normalized spacial score (nSPS) is 15.0. The van der Waals surface area contributed by atoms with E-state index < -0.39 is 23.7 Å². The van der Waals surface area contributed by atoms with Crippen LogP contribution >= 0.6 is 0 Å². The molecule has 8 heteroatoms. The van der Waals surface area contributed by atoms with Gasteiger partial charge in [0.25, 0.3) is 5.56 Å². The van der Waals surface area contributed by atoms with Crippen LogP contribution in [-0.2, 0) is 25.5 Å². The van der Waals surface area contributed by atoms with Crippen molar-refractivity contribution in [1.29, 1.82) is 0 Å². The van der Waals surface area contributed by atoms with Crippen LogP contribution < -0.4 is 5.56 Å². The van der Waals surface area contributed by atoms with Crippen LogP contribution in [0.15, 0.2) is 41.3 Å². The molecule has 2 heterocycles.